The molecule has 0 atom stereocenters. The molecular formula is C21H37N3O4. The highest BCUT2D eigenvalue weighted by atomic mass is 16.5. The SMILES string of the molecule is CCCC(O)(CCC)CNC(=NCc1cc(OC)c(OC)c(OC)c1)NCC. The number of ether oxygens (including phenoxy) is 3. The molecule has 0 spiro atoms. The second-order valence-electron chi connectivity index (χ2n) is 6.81. The van der Waals surface area contributed by atoms with Crippen LogP contribution in [0.15, 0.2) is 17.1 Å². The van der Waals surface area contributed by atoms with Crippen LogP contribution in [-0.4, -0.2) is 51.1 Å². The minimum Gasteiger partial charge on any atom is -0.493 e. The minimum absolute atomic E-state index is 0.437. The molecule has 28 heavy (non-hydrogen) atoms. The molecule has 3 N–H and O–H groups in total. The van der Waals surface area contributed by atoms with Crippen LogP contribution in [0.3, 0.4) is 0 Å². The molecule has 0 radical (unpaired) electrons. The van der Waals surface area contributed by atoms with Gasteiger partial charge in [-0.1, -0.05) is 26.7 Å². The zero-order chi connectivity index (χ0) is 21.0. The summed E-state index contributed by atoms with van der Waals surface area (Å²) in [5.74, 6) is 2.43. The quantitative estimate of drug-likeness (QED) is 0.373. The Balaban J connectivity index is 2.95. The highest BCUT2D eigenvalue weighted by molar-refractivity contribution is 5.79. The van der Waals surface area contributed by atoms with E-state index < -0.39 is 5.60 Å². The molecular weight excluding hydrogens is 358 g/mol. The third kappa shape index (κ3) is 7.11. The molecule has 1 aromatic rings. The number of aliphatic hydroxyl groups is 1. The fourth-order valence-corrected chi connectivity index (χ4v) is 3.22. The second-order valence-corrected chi connectivity index (χ2v) is 6.81. The van der Waals surface area contributed by atoms with Crippen molar-refractivity contribution in [3.8, 4) is 17.2 Å². The normalized spacial score (nSPS) is 11.9. The predicted octanol–water partition coefficient (Wildman–Crippen LogP) is 3.10. The van der Waals surface area contributed by atoms with Gasteiger partial charge in [0.2, 0.25) is 5.75 Å². The Morgan fingerprint density at radius 1 is 0.964 bits per heavy atom. The number of nitrogens with zero attached hydrogens (tertiary/aromatic N) is 1. The summed E-state index contributed by atoms with van der Waals surface area (Å²) in [6.45, 7) is 7.83. The van der Waals surface area contributed by atoms with E-state index in [0.29, 0.717) is 36.3 Å². The molecule has 0 aliphatic heterocycles. The van der Waals surface area contributed by atoms with Crippen molar-refractivity contribution in [3.05, 3.63) is 17.7 Å². The van der Waals surface area contributed by atoms with Crippen LogP contribution >= 0.6 is 0 Å². The fourth-order valence-electron chi connectivity index (χ4n) is 3.22. The molecule has 0 aliphatic rings. The Morgan fingerprint density at radius 2 is 1.54 bits per heavy atom. The number of hydrogen-bond donors (Lipinski definition) is 3. The van der Waals surface area contributed by atoms with Crippen molar-refractivity contribution in [2.45, 2.75) is 58.6 Å². The minimum atomic E-state index is -0.716. The van der Waals surface area contributed by atoms with Crippen molar-refractivity contribution in [1.82, 2.24) is 10.6 Å². The van der Waals surface area contributed by atoms with Gasteiger partial charge in [-0.3, -0.25) is 0 Å². The third-order valence-corrected chi connectivity index (χ3v) is 4.50. The average Bonchev–Trinajstić information content (AvgIpc) is 2.69. The van der Waals surface area contributed by atoms with Crippen LogP contribution in [-0.2, 0) is 6.54 Å². The monoisotopic (exact) mass is 395 g/mol. The largest absolute Gasteiger partial charge is 0.493 e. The van der Waals surface area contributed by atoms with E-state index in [2.05, 4.69) is 29.5 Å². The Hall–Kier alpha value is -2.15. The Labute approximate surface area is 169 Å². The summed E-state index contributed by atoms with van der Waals surface area (Å²) in [5, 5.41) is 17.3. The van der Waals surface area contributed by atoms with E-state index >= 15 is 0 Å². The van der Waals surface area contributed by atoms with Gasteiger partial charge in [0.1, 0.15) is 0 Å². The number of hydrogen-bond acceptors (Lipinski definition) is 5. The maximum atomic E-state index is 10.8. The summed E-state index contributed by atoms with van der Waals surface area (Å²) in [6.07, 6.45) is 3.41. The highest BCUT2D eigenvalue weighted by Gasteiger charge is 2.25. The molecule has 0 heterocycles. The lowest BCUT2D eigenvalue weighted by Gasteiger charge is -2.28. The first kappa shape index (κ1) is 23.9. The zero-order valence-corrected chi connectivity index (χ0v) is 18.2. The van der Waals surface area contributed by atoms with E-state index in [1.54, 1.807) is 21.3 Å². The number of rotatable bonds is 12. The molecule has 1 rings (SSSR count). The number of aliphatic imine (C=N–C) groups is 1. The maximum absolute atomic E-state index is 10.8. The Morgan fingerprint density at radius 3 is 1.96 bits per heavy atom. The van der Waals surface area contributed by atoms with Crippen LogP contribution in [0.5, 0.6) is 17.2 Å². The van der Waals surface area contributed by atoms with Crippen LogP contribution in [0.2, 0.25) is 0 Å². The van der Waals surface area contributed by atoms with Crippen molar-refractivity contribution in [2.24, 2.45) is 4.99 Å². The van der Waals surface area contributed by atoms with Crippen LogP contribution in [0, 0.1) is 0 Å². The molecule has 0 saturated heterocycles. The van der Waals surface area contributed by atoms with E-state index in [9.17, 15) is 5.11 Å². The van der Waals surface area contributed by atoms with E-state index in [4.69, 9.17) is 14.2 Å². The third-order valence-electron chi connectivity index (χ3n) is 4.50. The fraction of sp³-hybridized carbons (Fsp3) is 0.667. The summed E-state index contributed by atoms with van der Waals surface area (Å²) in [7, 11) is 4.77. The first-order valence-electron chi connectivity index (χ1n) is 10.00. The molecule has 7 nitrogen and oxygen atoms in total. The predicted molar refractivity (Wildman–Crippen MR) is 114 cm³/mol. The molecule has 0 bridgehead atoms. The van der Waals surface area contributed by atoms with E-state index in [1.807, 2.05) is 19.1 Å². The van der Waals surface area contributed by atoms with Crippen LogP contribution < -0.4 is 24.8 Å². The van der Waals surface area contributed by atoms with Crippen LogP contribution in [0.25, 0.3) is 0 Å². The summed E-state index contributed by atoms with van der Waals surface area (Å²) in [5.41, 5.74) is 0.218. The Bertz CT molecular complexity index is 589. The zero-order valence-electron chi connectivity index (χ0n) is 18.2. The van der Waals surface area contributed by atoms with Gasteiger partial charge in [0.25, 0.3) is 0 Å². The second kappa shape index (κ2) is 12.3. The topological polar surface area (TPSA) is 84.3 Å². The van der Waals surface area contributed by atoms with E-state index in [0.717, 1.165) is 37.8 Å². The van der Waals surface area contributed by atoms with Gasteiger partial charge in [0.15, 0.2) is 17.5 Å². The first-order valence-corrected chi connectivity index (χ1v) is 10.00. The number of guanidine groups is 1. The molecule has 0 aliphatic carbocycles. The van der Waals surface area contributed by atoms with E-state index in [-0.39, 0.29) is 0 Å². The molecule has 7 heteroatoms. The molecule has 0 amide bonds. The lowest BCUT2D eigenvalue weighted by molar-refractivity contribution is 0.0257. The summed E-state index contributed by atoms with van der Waals surface area (Å²) in [4.78, 5) is 4.64. The van der Waals surface area contributed by atoms with Crippen molar-refractivity contribution in [3.63, 3.8) is 0 Å². The lowest BCUT2D eigenvalue weighted by Crippen LogP contribution is -2.47. The first-order chi connectivity index (χ1) is 13.5. The van der Waals surface area contributed by atoms with Gasteiger partial charge < -0.3 is 30.0 Å². The van der Waals surface area contributed by atoms with Gasteiger partial charge in [0, 0.05) is 13.1 Å². The van der Waals surface area contributed by atoms with Gasteiger partial charge in [-0.05, 0) is 37.5 Å². The number of nitrogens with one attached hydrogen (secondary N) is 2. The van der Waals surface area contributed by atoms with Crippen molar-refractivity contribution >= 4 is 5.96 Å². The molecule has 1 aromatic carbocycles. The smallest absolute Gasteiger partial charge is 0.203 e. The summed E-state index contributed by atoms with van der Waals surface area (Å²) < 4.78 is 16.2. The summed E-state index contributed by atoms with van der Waals surface area (Å²) >= 11 is 0. The van der Waals surface area contributed by atoms with Gasteiger partial charge in [0.05, 0.1) is 33.5 Å². The van der Waals surface area contributed by atoms with Gasteiger partial charge >= 0.3 is 0 Å². The Kier molecular flexibility index (Phi) is 10.5. The lowest BCUT2D eigenvalue weighted by atomic mass is 9.93. The number of benzene rings is 1. The van der Waals surface area contributed by atoms with Crippen LogP contribution in [0.1, 0.15) is 52.0 Å². The number of methoxy groups -OCH3 is 3. The van der Waals surface area contributed by atoms with Gasteiger partial charge in [-0.15, -0.1) is 0 Å². The van der Waals surface area contributed by atoms with Gasteiger partial charge in [-0.2, -0.15) is 0 Å². The highest BCUT2D eigenvalue weighted by Crippen LogP contribution is 2.38. The summed E-state index contributed by atoms with van der Waals surface area (Å²) in [6, 6.07) is 3.78. The van der Waals surface area contributed by atoms with Crippen molar-refractivity contribution < 1.29 is 19.3 Å². The molecule has 160 valence electrons. The molecule has 0 aromatic heterocycles. The molecule has 0 unspecified atom stereocenters. The van der Waals surface area contributed by atoms with Crippen molar-refractivity contribution in [2.75, 3.05) is 34.4 Å². The maximum Gasteiger partial charge on any atom is 0.203 e. The van der Waals surface area contributed by atoms with Crippen LogP contribution in [0.4, 0.5) is 0 Å². The average molecular weight is 396 g/mol. The molecule has 0 fully saturated rings. The van der Waals surface area contributed by atoms with E-state index in [1.165, 1.54) is 0 Å². The van der Waals surface area contributed by atoms with Gasteiger partial charge in [-0.25, -0.2) is 4.99 Å². The standard InChI is InChI=1S/C21H37N3O4/c1-7-10-21(25,11-8-2)15-24-20(22-9-3)23-14-16-12-17(26-4)19(28-6)18(13-16)27-5/h12-13,25H,7-11,14-15H2,1-6H3,(H2,22,23,24). The molecule has 0 saturated carbocycles. The van der Waals surface area contributed by atoms with Crippen molar-refractivity contribution in [1.29, 1.82) is 0 Å².